The smallest absolute Gasteiger partial charge is 0.0534 e. The van der Waals surface area contributed by atoms with Crippen molar-refractivity contribution in [3.8, 4) is 0 Å². The quantitative estimate of drug-likeness (QED) is 0.791. The normalized spacial score (nSPS) is 15.1. The molecule has 19 heavy (non-hydrogen) atoms. The van der Waals surface area contributed by atoms with E-state index in [1.165, 1.54) is 24.0 Å². The zero-order valence-corrected chi connectivity index (χ0v) is 11.5. The molecular formula is C16H21N3. The molecule has 0 amide bonds. The predicted molar refractivity (Wildman–Crippen MR) is 76.8 cm³/mol. The van der Waals surface area contributed by atoms with Gasteiger partial charge in [-0.25, -0.2) is 0 Å². The zero-order chi connectivity index (χ0) is 13.1. The highest BCUT2D eigenvalue weighted by Gasteiger charge is 2.28. The van der Waals surface area contributed by atoms with Crippen molar-refractivity contribution >= 4 is 0 Å². The van der Waals surface area contributed by atoms with E-state index in [9.17, 15) is 0 Å². The molecule has 0 spiro atoms. The third-order valence-corrected chi connectivity index (χ3v) is 3.74. The largest absolute Gasteiger partial charge is 0.296 e. The summed E-state index contributed by atoms with van der Waals surface area (Å²) in [7, 11) is 1.98. The van der Waals surface area contributed by atoms with Gasteiger partial charge in [-0.3, -0.25) is 9.58 Å². The molecule has 0 saturated heterocycles. The number of benzene rings is 1. The predicted octanol–water partition coefficient (Wildman–Crippen LogP) is 2.63. The van der Waals surface area contributed by atoms with Crippen LogP contribution in [0.3, 0.4) is 0 Å². The molecule has 0 unspecified atom stereocenters. The van der Waals surface area contributed by atoms with E-state index >= 15 is 0 Å². The lowest BCUT2D eigenvalue weighted by Gasteiger charge is -2.21. The minimum Gasteiger partial charge on any atom is -0.296 e. The molecule has 0 atom stereocenters. The number of aromatic nitrogens is 2. The van der Waals surface area contributed by atoms with Crippen LogP contribution in [0.4, 0.5) is 0 Å². The number of hydrogen-bond donors (Lipinski definition) is 0. The van der Waals surface area contributed by atoms with Crippen LogP contribution in [0.2, 0.25) is 0 Å². The molecule has 1 heterocycles. The van der Waals surface area contributed by atoms with Crippen molar-refractivity contribution < 1.29 is 0 Å². The maximum absolute atomic E-state index is 4.26. The Morgan fingerprint density at radius 2 is 2.00 bits per heavy atom. The highest BCUT2D eigenvalue weighted by atomic mass is 15.2. The third kappa shape index (κ3) is 3.44. The van der Waals surface area contributed by atoms with Gasteiger partial charge in [0, 0.05) is 37.9 Å². The summed E-state index contributed by atoms with van der Waals surface area (Å²) in [6, 6.07) is 11.6. The van der Waals surface area contributed by atoms with Gasteiger partial charge in [-0.05, 0) is 24.8 Å². The molecule has 1 aromatic carbocycles. The molecule has 3 rings (SSSR count). The van der Waals surface area contributed by atoms with Gasteiger partial charge in [-0.1, -0.05) is 30.3 Å². The Morgan fingerprint density at radius 1 is 1.21 bits per heavy atom. The number of aryl methyl sites for hydroxylation is 1. The van der Waals surface area contributed by atoms with E-state index in [0.29, 0.717) is 0 Å². The summed E-state index contributed by atoms with van der Waals surface area (Å²) in [5.41, 5.74) is 2.75. The fourth-order valence-corrected chi connectivity index (χ4v) is 2.54. The second kappa shape index (κ2) is 5.57. The molecular weight excluding hydrogens is 234 g/mol. The lowest BCUT2D eigenvalue weighted by atomic mass is 10.1. The Bertz CT molecular complexity index is 514. The van der Waals surface area contributed by atoms with Gasteiger partial charge >= 0.3 is 0 Å². The van der Waals surface area contributed by atoms with Crippen LogP contribution in [0.25, 0.3) is 0 Å². The van der Waals surface area contributed by atoms with Crippen molar-refractivity contribution in [2.45, 2.75) is 31.8 Å². The lowest BCUT2D eigenvalue weighted by molar-refractivity contribution is 0.258. The number of hydrogen-bond acceptors (Lipinski definition) is 2. The monoisotopic (exact) mass is 255 g/mol. The van der Waals surface area contributed by atoms with E-state index in [0.717, 1.165) is 25.6 Å². The average Bonchev–Trinajstić information content (AvgIpc) is 3.19. The van der Waals surface area contributed by atoms with Gasteiger partial charge in [0.25, 0.3) is 0 Å². The first-order valence-electron chi connectivity index (χ1n) is 7.07. The summed E-state index contributed by atoms with van der Waals surface area (Å²) >= 11 is 0. The van der Waals surface area contributed by atoms with Crippen LogP contribution in [0.15, 0.2) is 42.7 Å². The Morgan fingerprint density at radius 3 is 2.63 bits per heavy atom. The van der Waals surface area contributed by atoms with Gasteiger partial charge in [-0.2, -0.15) is 5.10 Å². The van der Waals surface area contributed by atoms with Crippen LogP contribution >= 0.6 is 0 Å². The zero-order valence-electron chi connectivity index (χ0n) is 11.5. The summed E-state index contributed by atoms with van der Waals surface area (Å²) < 4.78 is 1.89. The number of nitrogens with zero attached hydrogens (tertiary/aromatic N) is 3. The van der Waals surface area contributed by atoms with E-state index in [2.05, 4.69) is 46.5 Å². The van der Waals surface area contributed by atoms with E-state index in [1.54, 1.807) is 0 Å². The molecule has 0 N–H and O–H groups in total. The average molecular weight is 255 g/mol. The topological polar surface area (TPSA) is 21.1 Å². The van der Waals surface area contributed by atoms with Crippen LogP contribution in [-0.4, -0.2) is 27.3 Å². The second-order valence-corrected chi connectivity index (χ2v) is 5.46. The Kier molecular flexibility index (Phi) is 3.65. The molecule has 1 aliphatic carbocycles. The van der Waals surface area contributed by atoms with Crippen molar-refractivity contribution in [1.29, 1.82) is 0 Å². The fraction of sp³-hybridized carbons (Fsp3) is 0.438. The fourth-order valence-electron chi connectivity index (χ4n) is 2.54. The van der Waals surface area contributed by atoms with Crippen molar-refractivity contribution in [3.63, 3.8) is 0 Å². The lowest BCUT2D eigenvalue weighted by Crippen LogP contribution is -2.27. The minimum absolute atomic E-state index is 0.795. The van der Waals surface area contributed by atoms with Crippen molar-refractivity contribution in [2.75, 3.05) is 6.54 Å². The van der Waals surface area contributed by atoms with Gasteiger partial charge in [0.15, 0.2) is 0 Å². The van der Waals surface area contributed by atoms with Crippen molar-refractivity contribution in [1.82, 2.24) is 14.7 Å². The molecule has 1 aliphatic rings. The molecule has 0 radical (unpaired) electrons. The SMILES string of the molecule is Cn1cc(CN(CCc2ccccc2)C2CC2)cn1. The Hall–Kier alpha value is -1.61. The first kappa shape index (κ1) is 12.4. The second-order valence-electron chi connectivity index (χ2n) is 5.46. The highest BCUT2D eigenvalue weighted by molar-refractivity contribution is 5.15. The first-order chi connectivity index (χ1) is 9.31. The summed E-state index contributed by atoms with van der Waals surface area (Å²) in [5, 5.41) is 4.26. The molecule has 1 saturated carbocycles. The van der Waals surface area contributed by atoms with Crippen molar-refractivity contribution in [3.05, 3.63) is 53.9 Å². The van der Waals surface area contributed by atoms with Gasteiger partial charge in [0.05, 0.1) is 6.20 Å². The molecule has 0 aliphatic heterocycles. The van der Waals surface area contributed by atoms with Gasteiger partial charge in [-0.15, -0.1) is 0 Å². The molecule has 100 valence electrons. The van der Waals surface area contributed by atoms with Crippen LogP contribution in [-0.2, 0) is 20.0 Å². The van der Waals surface area contributed by atoms with Gasteiger partial charge < -0.3 is 0 Å². The number of rotatable bonds is 6. The van der Waals surface area contributed by atoms with E-state index < -0.39 is 0 Å². The molecule has 0 bridgehead atoms. The van der Waals surface area contributed by atoms with Crippen LogP contribution in [0.5, 0.6) is 0 Å². The summed E-state index contributed by atoms with van der Waals surface area (Å²) in [6.07, 6.45) is 7.96. The first-order valence-corrected chi connectivity index (χ1v) is 7.07. The van der Waals surface area contributed by atoms with Crippen LogP contribution in [0.1, 0.15) is 24.0 Å². The van der Waals surface area contributed by atoms with E-state index in [4.69, 9.17) is 0 Å². The Balaban J connectivity index is 1.59. The minimum atomic E-state index is 0.795. The van der Waals surface area contributed by atoms with E-state index in [1.807, 2.05) is 17.9 Å². The highest BCUT2D eigenvalue weighted by Crippen LogP contribution is 2.28. The van der Waals surface area contributed by atoms with Crippen molar-refractivity contribution in [2.24, 2.45) is 7.05 Å². The Labute approximate surface area is 114 Å². The molecule has 1 aromatic heterocycles. The third-order valence-electron chi connectivity index (χ3n) is 3.74. The summed E-state index contributed by atoms with van der Waals surface area (Å²) in [4.78, 5) is 2.60. The van der Waals surface area contributed by atoms with Gasteiger partial charge in [0.1, 0.15) is 0 Å². The van der Waals surface area contributed by atoms with Gasteiger partial charge in [0.2, 0.25) is 0 Å². The summed E-state index contributed by atoms with van der Waals surface area (Å²) in [5.74, 6) is 0. The molecule has 3 nitrogen and oxygen atoms in total. The maximum Gasteiger partial charge on any atom is 0.0534 e. The molecule has 2 aromatic rings. The van der Waals surface area contributed by atoms with Crippen LogP contribution in [0, 0.1) is 0 Å². The summed E-state index contributed by atoms with van der Waals surface area (Å²) in [6.45, 7) is 2.18. The standard InChI is InChI=1S/C16H21N3/c1-18-12-15(11-17-18)13-19(16-7-8-16)10-9-14-5-3-2-4-6-14/h2-6,11-12,16H,7-10,13H2,1H3. The molecule has 3 heteroatoms. The molecule has 1 fully saturated rings. The van der Waals surface area contributed by atoms with Crippen LogP contribution < -0.4 is 0 Å². The van der Waals surface area contributed by atoms with E-state index in [-0.39, 0.29) is 0 Å². The maximum atomic E-state index is 4.26.